The molecule has 1 rings (SSSR count). The van der Waals surface area contributed by atoms with Gasteiger partial charge < -0.3 is 10.2 Å². The lowest BCUT2D eigenvalue weighted by Gasteiger charge is -2.09. The van der Waals surface area contributed by atoms with Gasteiger partial charge in [-0.15, -0.1) is 0 Å². The van der Waals surface area contributed by atoms with Crippen molar-refractivity contribution in [1.82, 2.24) is 10.2 Å². The highest BCUT2D eigenvalue weighted by molar-refractivity contribution is 7.15. The first-order chi connectivity index (χ1) is 7.50. The number of carbonyl (C=O) groups excluding carboxylic acids is 1. The molecule has 1 heterocycles. The first-order valence-electron chi connectivity index (χ1n) is 4.64. The van der Waals surface area contributed by atoms with Crippen LogP contribution in [0.2, 0.25) is 0 Å². The maximum atomic E-state index is 11.2. The topological polar surface area (TPSA) is 75.5 Å². The van der Waals surface area contributed by atoms with Gasteiger partial charge in [0.05, 0.1) is 11.5 Å². The minimum absolute atomic E-state index is 0.0222. The zero-order valence-electron chi connectivity index (χ0n) is 9.10. The number of thiophene rings is 1. The van der Waals surface area contributed by atoms with Crippen LogP contribution in [-0.2, 0) is 11.3 Å². The molecule has 7 heteroatoms. The summed E-state index contributed by atoms with van der Waals surface area (Å²) in [6.45, 7) is 0.705. The molecule has 1 amide bonds. The van der Waals surface area contributed by atoms with Gasteiger partial charge in [0, 0.05) is 31.6 Å². The van der Waals surface area contributed by atoms with Crippen LogP contribution < -0.4 is 5.32 Å². The molecule has 88 valence electrons. The predicted molar refractivity (Wildman–Crippen MR) is 61.4 cm³/mol. The Kier molecular flexibility index (Phi) is 4.39. The molecule has 0 bridgehead atoms. The number of likely N-dealkylation sites (N-methyl/N-ethyl adjacent to an activating group) is 1. The van der Waals surface area contributed by atoms with Crippen LogP contribution >= 0.6 is 11.3 Å². The average Bonchev–Trinajstić information content (AvgIpc) is 2.66. The van der Waals surface area contributed by atoms with Crippen molar-refractivity contribution in [3.8, 4) is 0 Å². The molecule has 0 spiro atoms. The largest absolute Gasteiger partial charge is 0.348 e. The first kappa shape index (κ1) is 12.6. The molecule has 1 aromatic heterocycles. The SMILES string of the molecule is CN(C)C(=O)CNCc1ccc([N+](=O)[O-])s1. The Balaban J connectivity index is 2.37. The Morgan fingerprint density at radius 3 is 2.75 bits per heavy atom. The van der Waals surface area contributed by atoms with E-state index in [1.807, 2.05) is 0 Å². The fraction of sp³-hybridized carbons (Fsp3) is 0.444. The van der Waals surface area contributed by atoms with Gasteiger partial charge in [-0.3, -0.25) is 14.9 Å². The lowest BCUT2D eigenvalue weighted by Crippen LogP contribution is -2.32. The maximum Gasteiger partial charge on any atom is 0.324 e. The van der Waals surface area contributed by atoms with Crippen LogP contribution in [0.15, 0.2) is 12.1 Å². The third-order valence-electron chi connectivity index (χ3n) is 1.90. The third kappa shape index (κ3) is 3.59. The summed E-state index contributed by atoms with van der Waals surface area (Å²) in [6, 6.07) is 3.16. The van der Waals surface area contributed by atoms with Gasteiger partial charge in [-0.2, -0.15) is 0 Å². The van der Waals surface area contributed by atoms with Crippen LogP contribution in [-0.4, -0.2) is 36.4 Å². The van der Waals surface area contributed by atoms with E-state index in [1.165, 1.54) is 11.0 Å². The molecular formula is C9H13N3O3S. The van der Waals surface area contributed by atoms with Crippen LogP contribution in [0.5, 0.6) is 0 Å². The summed E-state index contributed by atoms with van der Waals surface area (Å²) >= 11 is 1.11. The Morgan fingerprint density at radius 1 is 1.56 bits per heavy atom. The average molecular weight is 243 g/mol. The summed E-state index contributed by atoms with van der Waals surface area (Å²) < 4.78 is 0. The molecule has 0 saturated carbocycles. The second-order valence-electron chi connectivity index (χ2n) is 3.39. The van der Waals surface area contributed by atoms with E-state index in [2.05, 4.69) is 5.32 Å². The summed E-state index contributed by atoms with van der Waals surface area (Å²) in [7, 11) is 3.36. The van der Waals surface area contributed by atoms with E-state index in [0.29, 0.717) is 6.54 Å². The van der Waals surface area contributed by atoms with E-state index >= 15 is 0 Å². The van der Waals surface area contributed by atoms with Gasteiger partial charge in [-0.05, 0) is 6.07 Å². The first-order valence-corrected chi connectivity index (χ1v) is 5.46. The van der Waals surface area contributed by atoms with E-state index in [4.69, 9.17) is 0 Å². The van der Waals surface area contributed by atoms with Crippen molar-refractivity contribution in [1.29, 1.82) is 0 Å². The normalized spacial score (nSPS) is 10.1. The zero-order valence-corrected chi connectivity index (χ0v) is 9.91. The quantitative estimate of drug-likeness (QED) is 0.614. The molecule has 16 heavy (non-hydrogen) atoms. The molecule has 0 radical (unpaired) electrons. The van der Waals surface area contributed by atoms with Gasteiger partial charge in [0.1, 0.15) is 0 Å². The Hall–Kier alpha value is -1.47. The number of nitrogens with one attached hydrogen (secondary N) is 1. The molecule has 0 atom stereocenters. The molecule has 0 aliphatic heterocycles. The molecule has 1 aromatic rings. The van der Waals surface area contributed by atoms with Gasteiger partial charge in [-0.25, -0.2) is 0 Å². The summed E-state index contributed by atoms with van der Waals surface area (Å²) in [5, 5.41) is 13.5. The van der Waals surface area contributed by atoms with Gasteiger partial charge in [0.15, 0.2) is 0 Å². The Morgan fingerprint density at radius 2 is 2.25 bits per heavy atom. The van der Waals surface area contributed by atoms with Crippen LogP contribution in [0.25, 0.3) is 0 Å². The Labute approximate surface area is 97.0 Å². The highest BCUT2D eigenvalue weighted by Gasteiger charge is 2.09. The van der Waals surface area contributed by atoms with E-state index in [9.17, 15) is 14.9 Å². The van der Waals surface area contributed by atoms with E-state index in [0.717, 1.165) is 16.2 Å². The van der Waals surface area contributed by atoms with E-state index < -0.39 is 4.92 Å². The summed E-state index contributed by atoms with van der Waals surface area (Å²) in [5.74, 6) is -0.0222. The third-order valence-corrected chi connectivity index (χ3v) is 2.94. The number of nitrogens with zero attached hydrogens (tertiary/aromatic N) is 2. The second-order valence-corrected chi connectivity index (χ2v) is 4.54. The molecule has 0 aromatic carbocycles. The molecule has 0 unspecified atom stereocenters. The predicted octanol–water partition coefficient (Wildman–Crippen LogP) is 0.834. The number of amides is 1. The molecule has 0 aliphatic rings. The highest BCUT2D eigenvalue weighted by atomic mass is 32.1. The monoisotopic (exact) mass is 243 g/mol. The molecule has 0 fully saturated rings. The van der Waals surface area contributed by atoms with Gasteiger partial charge in [0.2, 0.25) is 5.91 Å². The maximum absolute atomic E-state index is 11.2. The highest BCUT2D eigenvalue weighted by Crippen LogP contribution is 2.23. The van der Waals surface area contributed by atoms with Crippen molar-refractivity contribution in [2.45, 2.75) is 6.54 Å². The van der Waals surface area contributed by atoms with Crippen molar-refractivity contribution in [3.63, 3.8) is 0 Å². The van der Waals surface area contributed by atoms with Crippen molar-refractivity contribution >= 4 is 22.2 Å². The number of hydrogen-bond donors (Lipinski definition) is 1. The summed E-state index contributed by atoms with van der Waals surface area (Å²) in [4.78, 5) is 23.5. The second kappa shape index (κ2) is 5.57. The van der Waals surface area contributed by atoms with Gasteiger partial charge in [-0.1, -0.05) is 11.3 Å². The number of rotatable bonds is 5. The number of carbonyl (C=O) groups is 1. The summed E-state index contributed by atoms with van der Waals surface area (Å²) in [6.07, 6.45) is 0. The smallest absolute Gasteiger partial charge is 0.324 e. The van der Waals surface area contributed by atoms with Gasteiger partial charge >= 0.3 is 5.00 Å². The Bertz CT molecular complexity index is 389. The standard InChI is InChI=1S/C9H13N3O3S/c1-11(2)8(13)6-10-5-7-3-4-9(16-7)12(14)15/h3-4,10H,5-6H2,1-2H3. The van der Waals surface area contributed by atoms with Crippen molar-refractivity contribution in [3.05, 3.63) is 27.1 Å². The molecule has 6 nitrogen and oxygen atoms in total. The van der Waals surface area contributed by atoms with Crippen LogP contribution in [0.3, 0.4) is 0 Å². The van der Waals surface area contributed by atoms with Crippen molar-refractivity contribution < 1.29 is 9.72 Å². The minimum atomic E-state index is -0.418. The number of hydrogen-bond acceptors (Lipinski definition) is 5. The lowest BCUT2D eigenvalue weighted by molar-refractivity contribution is -0.380. The lowest BCUT2D eigenvalue weighted by atomic mass is 10.4. The summed E-state index contributed by atoms with van der Waals surface area (Å²) in [5.41, 5.74) is 0. The number of nitro groups is 1. The fourth-order valence-electron chi connectivity index (χ4n) is 1.01. The molecule has 0 saturated heterocycles. The van der Waals surface area contributed by atoms with Crippen LogP contribution in [0.1, 0.15) is 4.88 Å². The van der Waals surface area contributed by atoms with Crippen LogP contribution in [0.4, 0.5) is 5.00 Å². The van der Waals surface area contributed by atoms with Crippen molar-refractivity contribution in [2.75, 3.05) is 20.6 Å². The fourth-order valence-corrected chi connectivity index (χ4v) is 1.80. The minimum Gasteiger partial charge on any atom is -0.348 e. The zero-order chi connectivity index (χ0) is 12.1. The molecule has 1 N–H and O–H groups in total. The van der Waals surface area contributed by atoms with E-state index in [1.54, 1.807) is 20.2 Å². The molecular weight excluding hydrogens is 230 g/mol. The van der Waals surface area contributed by atoms with Gasteiger partial charge in [0.25, 0.3) is 0 Å². The van der Waals surface area contributed by atoms with E-state index in [-0.39, 0.29) is 17.5 Å². The van der Waals surface area contributed by atoms with Crippen LogP contribution in [0, 0.1) is 10.1 Å². The molecule has 0 aliphatic carbocycles. The van der Waals surface area contributed by atoms with Crippen molar-refractivity contribution in [2.24, 2.45) is 0 Å².